The molecule has 3 aromatic rings. The van der Waals surface area contributed by atoms with E-state index in [2.05, 4.69) is 15.1 Å². The molecular formula is C18H13F3N4O2. The molecule has 1 amide bonds. The van der Waals surface area contributed by atoms with Gasteiger partial charge >= 0.3 is 0 Å². The summed E-state index contributed by atoms with van der Waals surface area (Å²) < 4.78 is 47.3. The van der Waals surface area contributed by atoms with E-state index in [1.165, 1.54) is 12.4 Å². The van der Waals surface area contributed by atoms with Crippen LogP contribution in [0.2, 0.25) is 0 Å². The molecule has 0 aliphatic carbocycles. The smallest absolute Gasteiger partial charge is 0.258 e. The van der Waals surface area contributed by atoms with Crippen LogP contribution < -0.4 is 0 Å². The number of benzene rings is 1. The van der Waals surface area contributed by atoms with E-state index in [9.17, 15) is 13.6 Å². The highest BCUT2D eigenvalue weighted by Gasteiger charge is 2.46. The molecule has 1 aliphatic rings. The van der Waals surface area contributed by atoms with Crippen LogP contribution in [0.3, 0.4) is 0 Å². The van der Waals surface area contributed by atoms with Gasteiger partial charge in [0.1, 0.15) is 11.6 Å². The number of hydrogen-bond donors (Lipinski definition) is 0. The van der Waals surface area contributed by atoms with Crippen LogP contribution in [-0.2, 0) is 5.67 Å². The number of nitrogens with zero attached hydrogens (tertiary/aromatic N) is 4. The van der Waals surface area contributed by atoms with Gasteiger partial charge in [-0.3, -0.25) is 9.78 Å². The molecule has 9 heteroatoms. The number of alkyl halides is 1. The number of carbonyl (C=O) groups excluding carboxylic acids is 1. The number of rotatable bonds is 3. The third-order valence-electron chi connectivity index (χ3n) is 4.42. The van der Waals surface area contributed by atoms with Gasteiger partial charge in [-0.05, 0) is 24.3 Å². The molecule has 0 radical (unpaired) electrons. The van der Waals surface area contributed by atoms with E-state index in [0.717, 1.165) is 17.0 Å². The zero-order valence-corrected chi connectivity index (χ0v) is 13.9. The lowest BCUT2D eigenvalue weighted by atomic mass is 10.1. The highest BCUT2D eigenvalue weighted by molar-refractivity contribution is 5.94. The third kappa shape index (κ3) is 3.16. The van der Waals surface area contributed by atoms with Gasteiger partial charge in [0, 0.05) is 37.0 Å². The zero-order chi connectivity index (χ0) is 19.0. The van der Waals surface area contributed by atoms with E-state index < -0.39 is 23.2 Å². The van der Waals surface area contributed by atoms with Gasteiger partial charge in [-0.1, -0.05) is 5.16 Å². The number of halogens is 3. The van der Waals surface area contributed by atoms with E-state index >= 15 is 4.39 Å². The summed E-state index contributed by atoms with van der Waals surface area (Å²) in [6.45, 7) is -0.302. The standard InChI is InChI=1S/C18H13F3N4O2/c19-12-1-2-13(14(20)9-12)16(26)25-8-5-18(21,10-25)17-23-15(27-24-17)11-3-6-22-7-4-11/h1-4,6-7,9H,5,8,10H2. The molecule has 3 heterocycles. The van der Waals surface area contributed by atoms with Crippen molar-refractivity contribution in [3.05, 3.63) is 65.7 Å². The number of aromatic nitrogens is 3. The first kappa shape index (κ1) is 17.2. The fourth-order valence-corrected chi connectivity index (χ4v) is 2.98. The quantitative estimate of drug-likeness (QED) is 0.704. The molecule has 0 N–H and O–H groups in total. The Kier molecular flexibility index (Phi) is 4.14. The van der Waals surface area contributed by atoms with E-state index in [4.69, 9.17) is 4.52 Å². The van der Waals surface area contributed by atoms with Crippen LogP contribution in [0.1, 0.15) is 22.6 Å². The van der Waals surface area contributed by atoms with Gasteiger partial charge in [0.25, 0.3) is 11.8 Å². The van der Waals surface area contributed by atoms with Crippen molar-refractivity contribution in [2.45, 2.75) is 12.1 Å². The molecular weight excluding hydrogens is 361 g/mol. The molecule has 1 atom stereocenters. The molecule has 1 fully saturated rings. The SMILES string of the molecule is O=C(c1ccc(F)cc1F)N1CCC(F)(c2noc(-c3ccncc3)n2)C1. The maximum absolute atomic E-state index is 15.3. The summed E-state index contributed by atoms with van der Waals surface area (Å²) in [5.74, 6) is -2.54. The molecule has 1 aromatic carbocycles. The van der Waals surface area contributed by atoms with Gasteiger partial charge in [0.2, 0.25) is 5.82 Å². The Balaban J connectivity index is 1.54. The summed E-state index contributed by atoms with van der Waals surface area (Å²) >= 11 is 0. The maximum Gasteiger partial charge on any atom is 0.258 e. The number of carbonyl (C=O) groups is 1. The summed E-state index contributed by atoms with van der Waals surface area (Å²) in [6.07, 6.45) is 3.02. The average Bonchev–Trinajstić information content (AvgIpc) is 3.30. The van der Waals surface area contributed by atoms with Gasteiger partial charge in [0.05, 0.1) is 12.1 Å². The van der Waals surface area contributed by atoms with Crippen LogP contribution in [0.25, 0.3) is 11.5 Å². The Bertz CT molecular complexity index is 995. The molecule has 1 unspecified atom stereocenters. The fourth-order valence-electron chi connectivity index (χ4n) is 2.98. The first-order valence-electron chi connectivity index (χ1n) is 8.14. The monoisotopic (exact) mass is 374 g/mol. The van der Waals surface area contributed by atoms with Crippen LogP contribution >= 0.6 is 0 Å². The lowest BCUT2D eigenvalue weighted by molar-refractivity contribution is 0.0738. The predicted molar refractivity (Wildman–Crippen MR) is 87.2 cm³/mol. The van der Waals surface area contributed by atoms with Crippen molar-refractivity contribution in [1.82, 2.24) is 20.0 Å². The maximum atomic E-state index is 15.3. The molecule has 1 aliphatic heterocycles. The number of likely N-dealkylation sites (tertiary alicyclic amines) is 1. The Morgan fingerprint density at radius 1 is 1.19 bits per heavy atom. The zero-order valence-electron chi connectivity index (χ0n) is 13.9. The fraction of sp³-hybridized carbons (Fsp3) is 0.222. The van der Waals surface area contributed by atoms with E-state index in [0.29, 0.717) is 11.6 Å². The molecule has 2 aromatic heterocycles. The van der Waals surface area contributed by atoms with E-state index in [1.807, 2.05) is 0 Å². The Hall–Kier alpha value is -3.23. The van der Waals surface area contributed by atoms with Crippen LogP contribution in [0.15, 0.2) is 47.2 Å². The van der Waals surface area contributed by atoms with Gasteiger partial charge in [-0.25, -0.2) is 13.2 Å². The van der Waals surface area contributed by atoms with Crippen molar-refractivity contribution in [2.24, 2.45) is 0 Å². The minimum Gasteiger partial charge on any atom is -0.335 e. The van der Waals surface area contributed by atoms with Crippen LogP contribution in [0.4, 0.5) is 13.2 Å². The van der Waals surface area contributed by atoms with Crippen LogP contribution in [0, 0.1) is 11.6 Å². The Morgan fingerprint density at radius 3 is 2.70 bits per heavy atom. The second-order valence-corrected chi connectivity index (χ2v) is 6.23. The van der Waals surface area contributed by atoms with Gasteiger partial charge < -0.3 is 9.42 Å². The molecule has 138 valence electrons. The highest BCUT2D eigenvalue weighted by atomic mass is 19.1. The lowest BCUT2D eigenvalue weighted by Crippen LogP contribution is -2.33. The van der Waals surface area contributed by atoms with Crippen molar-refractivity contribution in [3.8, 4) is 11.5 Å². The van der Waals surface area contributed by atoms with E-state index in [-0.39, 0.29) is 36.8 Å². The first-order chi connectivity index (χ1) is 13.0. The van der Waals surface area contributed by atoms with Gasteiger partial charge in [-0.2, -0.15) is 4.98 Å². The molecule has 4 rings (SSSR count). The minimum atomic E-state index is -2.01. The van der Waals surface area contributed by atoms with Crippen molar-refractivity contribution >= 4 is 5.91 Å². The number of pyridine rings is 1. The normalized spacial score (nSPS) is 19.4. The Morgan fingerprint density at radius 2 is 1.96 bits per heavy atom. The molecule has 6 nitrogen and oxygen atoms in total. The summed E-state index contributed by atoms with van der Waals surface area (Å²) in [5, 5.41) is 3.70. The van der Waals surface area contributed by atoms with Crippen LogP contribution in [0.5, 0.6) is 0 Å². The first-order valence-corrected chi connectivity index (χ1v) is 8.14. The molecule has 0 bridgehead atoms. The molecule has 1 saturated heterocycles. The summed E-state index contributed by atoms with van der Waals surface area (Å²) in [4.78, 5) is 21.6. The minimum absolute atomic E-state index is 0.0469. The Labute approximate surface area is 151 Å². The van der Waals surface area contributed by atoms with Crippen molar-refractivity contribution < 1.29 is 22.5 Å². The number of hydrogen-bond acceptors (Lipinski definition) is 5. The topological polar surface area (TPSA) is 72.1 Å². The average molecular weight is 374 g/mol. The molecule has 0 spiro atoms. The summed E-state index contributed by atoms with van der Waals surface area (Å²) in [5.41, 5.74) is -1.74. The van der Waals surface area contributed by atoms with Crippen LogP contribution in [-0.4, -0.2) is 39.0 Å². The second-order valence-electron chi connectivity index (χ2n) is 6.23. The van der Waals surface area contributed by atoms with Crippen molar-refractivity contribution in [3.63, 3.8) is 0 Å². The molecule has 0 saturated carbocycles. The lowest BCUT2D eigenvalue weighted by Gasteiger charge is -2.18. The second kappa shape index (κ2) is 6.49. The highest BCUT2D eigenvalue weighted by Crippen LogP contribution is 2.36. The van der Waals surface area contributed by atoms with Gasteiger partial charge in [-0.15, -0.1) is 0 Å². The predicted octanol–water partition coefficient (Wildman–Crippen LogP) is 3.12. The summed E-state index contributed by atoms with van der Waals surface area (Å²) in [7, 11) is 0. The third-order valence-corrected chi connectivity index (χ3v) is 4.42. The molecule has 27 heavy (non-hydrogen) atoms. The summed E-state index contributed by atoms with van der Waals surface area (Å²) in [6, 6.07) is 5.93. The largest absolute Gasteiger partial charge is 0.335 e. The number of amides is 1. The van der Waals surface area contributed by atoms with E-state index in [1.54, 1.807) is 12.1 Å². The van der Waals surface area contributed by atoms with Crippen molar-refractivity contribution in [2.75, 3.05) is 13.1 Å². The van der Waals surface area contributed by atoms with Crippen molar-refractivity contribution in [1.29, 1.82) is 0 Å². The van der Waals surface area contributed by atoms with Gasteiger partial charge in [0.15, 0.2) is 5.67 Å².